The van der Waals surface area contributed by atoms with Gasteiger partial charge in [0.25, 0.3) is 0 Å². The molecule has 2 unspecified atom stereocenters. The molecule has 0 fully saturated rings. The Bertz CT molecular complexity index is 499. The number of halogens is 1. The van der Waals surface area contributed by atoms with Crippen LogP contribution in [0.2, 0.25) is 0 Å². The van der Waals surface area contributed by atoms with Gasteiger partial charge in [0.05, 0.1) is 5.69 Å². The number of rotatable bonds is 5. The molecule has 19 heavy (non-hydrogen) atoms. The van der Waals surface area contributed by atoms with Crippen LogP contribution in [0.5, 0.6) is 0 Å². The lowest BCUT2D eigenvalue weighted by molar-refractivity contribution is 0.449. The van der Waals surface area contributed by atoms with Crippen LogP contribution in [-0.2, 0) is 0 Å². The van der Waals surface area contributed by atoms with Crippen molar-refractivity contribution >= 4 is 15.9 Å². The molecule has 0 aliphatic rings. The van der Waals surface area contributed by atoms with Gasteiger partial charge in [-0.15, -0.1) is 0 Å². The summed E-state index contributed by atoms with van der Waals surface area (Å²) >= 11 is 3.47. The largest absolute Gasteiger partial charge is 0.302 e. The summed E-state index contributed by atoms with van der Waals surface area (Å²) in [6.45, 7) is 4.30. The number of hydrogen-bond acceptors (Lipinski definition) is 3. The summed E-state index contributed by atoms with van der Waals surface area (Å²) in [5.41, 5.74) is 2.26. The smallest absolute Gasteiger partial charge is 0.0753 e. The molecule has 3 nitrogen and oxygen atoms in total. The molecule has 0 amide bonds. The van der Waals surface area contributed by atoms with E-state index >= 15 is 0 Å². The highest BCUT2D eigenvalue weighted by atomic mass is 79.9. The maximum atomic E-state index is 4.34. The Kier molecular flexibility index (Phi) is 5.05. The van der Waals surface area contributed by atoms with E-state index in [4.69, 9.17) is 0 Å². The molecule has 0 radical (unpaired) electrons. The van der Waals surface area contributed by atoms with E-state index in [1.165, 1.54) is 5.56 Å². The van der Waals surface area contributed by atoms with Gasteiger partial charge >= 0.3 is 0 Å². The molecule has 1 aromatic heterocycles. The average Bonchev–Trinajstić information content (AvgIpc) is 2.46. The van der Waals surface area contributed by atoms with Crippen LogP contribution in [0.1, 0.15) is 43.6 Å². The molecule has 1 N–H and O–H groups in total. The van der Waals surface area contributed by atoms with E-state index in [9.17, 15) is 0 Å². The van der Waals surface area contributed by atoms with Crippen LogP contribution in [-0.4, -0.2) is 9.97 Å². The van der Waals surface area contributed by atoms with Crippen molar-refractivity contribution < 1.29 is 0 Å². The predicted octanol–water partition coefficient (Wildman–Crippen LogP) is 4.04. The standard InChI is InChI=1S/C15H18BrN3/c1-3-14(12-4-6-13(16)7-5-12)19-11(2)15-10-17-8-9-18-15/h4-11,14,19H,3H2,1-2H3. The molecule has 0 aliphatic heterocycles. The number of nitrogens with one attached hydrogen (secondary N) is 1. The van der Waals surface area contributed by atoms with Crippen molar-refractivity contribution in [2.45, 2.75) is 32.4 Å². The zero-order valence-electron chi connectivity index (χ0n) is 11.2. The lowest BCUT2D eigenvalue weighted by Gasteiger charge is -2.22. The van der Waals surface area contributed by atoms with Crippen molar-refractivity contribution in [3.8, 4) is 0 Å². The Balaban J connectivity index is 2.09. The molecule has 2 aromatic rings. The normalized spacial score (nSPS) is 14.1. The van der Waals surface area contributed by atoms with Gasteiger partial charge in [0.1, 0.15) is 0 Å². The topological polar surface area (TPSA) is 37.8 Å². The van der Waals surface area contributed by atoms with Crippen molar-refractivity contribution in [2.24, 2.45) is 0 Å². The highest BCUT2D eigenvalue weighted by Crippen LogP contribution is 2.22. The summed E-state index contributed by atoms with van der Waals surface area (Å²) in [6.07, 6.45) is 6.27. The minimum absolute atomic E-state index is 0.183. The average molecular weight is 320 g/mol. The first-order chi connectivity index (χ1) is 9.20. The van der Waals surface area contributed by atoms with Crippen molar-refractivity contribution in [3.05, 3.63) is 58.6 Å². The van der Waals surface area contributed by atoms with Crippen molar-refractivity contribution in [2.75, 3.05) is 0 Å². The Hall–Kier alpha value is -1.26. The Morgan fingerprint density at radius 2 is 1.95 bits per heavy atom. The van der Waals surface area contributed by atoms with Gasteiger partial charge in [0.15, 0.2) is 0 Å². The molecule has 4 heteroatoms. The van der Waals surface area contributed by atoms with Crippen LogP contribution in [0, 0.1) is 0 Å². The van der Waals surface area contributed by atoms with Gasteiger partial charge in [-0.3, -0.25) is 9.97 Å². The van der Waals surface area contributed by atoms with Crippen molar-refractivity contribution in [1.82, 2.24) is 15.3 Å². The van der Waals surface area contributed by atoms with Gasteiger partial charge in [-0.05, 0) is 31.0 Å². The molecule has 2 atom stereocenters. The summed E-state index contributed by atoms with van der Waals surface area (Å²) in [7, 11) is 0. The molecule has 2 rings (SSSR count). The molecule has 0 saturated carbocycles. The quantitative estimate of drug-likeness (QED) is 0.903. The fourth-order valence-corrected chi connectivity index (χ4v) is 2.33. The van der Waals surface area contributed by atoms with Gasteiger partial charge in [-0.1, -0.05) is 35.0 Å². The van der Waals surface area contributed by atoms with Crippen LogP contribution in [0.3, 0.4) is 0 Å². The van der Waals surface area contributed by atoms with Gasteiger partial charge in [0, 0.05) is 35.1 Å². The van der Waals surface area contributed by atoms with E-state index in [0.29, 0.717) is 6.04 Å². The summed E-state index contributed by atoms with van der Waals surface area (Å²) < 4.78 is 1.10. The molecule has 1 aromatic carbocycles. The van der Waals surface area contributed by atoms with Crippen LogP contribution in [0.15, 0.2) is 47.3 Å². The Morgan fingerprint density at radius 3 is 2.53 bits per heavy atom. The first kappa shape index (κ1) is 14.2. The van der Waals surface area contributed by atoms with Crippen molar-refractivity contribution in [1.29, 1.82) is 0 Å². The maximum Gasteiger partial charge on any atom is 0.0753 e. The third-order valence-corrected chi connectivity index (χ3v) is 3.69. The highest BCUT2D eigenvalue weighted by molar-refractivity contribution is 9.10. The van der Waals surface area contributed by atoms with Gasteiger partial charge in [-0.25, -0.2) is 0 Å². The SMILES string of the molecule is CCC(NC(C)c1cnccn1)c1ccc(Br)cc1. The summed E-state index contributed by atoms with van der Waals surface area (Å²) in [5.74, 6) is 0. The third kappa shape index (κ3) is 3.85. The predicted molar refractivity (Wildman–Crippen MR) is 80.8 cm³/mol. The number of benzene rings is 1. The first-order valence-corrected chi connectivity index (χ1v) is 7.27. The molecule has 0 spiro atoms. The van der Waals surface area contributed by atoms with E-state index in [1.54, 1.807) is 12.4 Å². The number of aromatic nitrogens is 2. The molecule has 0 bridgehead atoms. The molecule has 0 saturated heterocycles. The molecule has 0 aliphatic carbocycles. The summed E-state index contributed by atoms with van der Waals surface area (Å²) in [6, 6.07) is 8.95. The molecular formula is C15H18BrN3. The minimum atomic E-state index is 0.183. The maximum absolute atomic E-state index is 4.34. The zero-order valence-corrected chi connectivity index (χ0v) is 12.8. The van der Waals surface area contributed by atoms with Gasteiger partial charge < -0.3 is 5.32 Å². The van der Waals surface area contributed by atoms with Crippen LogP contribution in [0.25, 0.3) is 0 Å². The lowest BCUT2D eigenvalue weighted by atomic mass is 10.0. The second-order valence-electron chi connectivity index (χ2n) is 4.53. The first-order valence-electron chi connectivity index (χ1n) is 6.48. The van der Waals surface area contributed by atoms with Crippen molar-refractivity contribution in [3.63, 3.8) is 0 Å². The minimum Gasteiger partial charge on any atom is -0.302 e. The Morgan fingerprint density at radius 1 is 1.21 bits per heavy atom. The highest BCUT2D eigenvalue weighted by Gasteiger charge is 2.14. The summed E-state index contributed by atoms with van der Waals surface area (Å²) in [4.78, 5) is 8.46. The lowest BCUT2D eigenvalue weighted by Crippen LogP contribution is -2.25. The van der Waals surface area contributed by atoms with E-state index in [0.717, 1.165) is 16.6 Å². The van der Waals surface area contributed by atoms with E-state index in [1.807, 2.05) is 6.20 Å². The molecule has 1 heterocycles. The molecule has 100 valence electrons. The third-order valence-electron chi connectivity index (χ3n) is 3.16. The molecular weight excluding hydrogens is 302 g/mol. The number of nitrogens with zero attached hydrogens (tertiary/aromatic N) is 2. The summed E-state index contributed by atoms with van der Waals surface area (Å²) in [5, 5.41) is 3.60. The monoisotopic (exact) mass is 319 g/mol. The zero-order chi connectivity index (χ0) is 13.7. The van der Waals surface area contributed by atoms with Crippen LogP contribution in [0.4, 0.5) is 0 Å². The Labute approximate surface area is 122 Å². The van der Waals surface area contributed by atoms with E-state index in [-0.39, 0.29) is 6.04 Å². The fraction of sp³-hybridized carbons (Fsp3) is 0.333. The van der Waals surface area contributed by atoms with Gasteiger partial charge in [0.2, 0.25) is 0 Å². The second-order valence-corrected chi connectivity index (χ2v) is 5.45. The van der Waals surface area contributed by atoms with E-state index in [2.05, 4.69) is 69.3 Å². The van der Waals surface area contributed by atoms with E-state index < -0.39 is 0 Å². The van der Waals surface area contributed by atoms with Crippen LogP contribution >= 0.6 is 15.9 Å². The van der Waals surface area contributed by atoms with Gasteiger partial charge in [-0.2, -0.15) is 0 Å². The second kappa shape index (κ2) is 6.78. The number of hydrogen-bond donors (Lipinski definition) is 1. The fourth-order valence-electron chi connectivity index (χ4n) is 2.07. The van der Waals surface area contributed by atoms with Crippen LogP contribution < -0.4 is 5.32 Å².